The van der Waals surface area contributed by atoms with Crippen LogP contribution in [0.25, 0.3) is 11.0 Å². The standard InChI is InChI=1S/C17H23N5O3/c1-11(2)22-16-12(8-19-22)6-14(9-18-16)20-17(24)13-7-15(23)21(10-13)4-5-25-3/h6,8-9,11,13H,4-5,7,10H2,1-3H3,(H,20,24)/t13-/m1/s1. The summed E-state index contributed by atoms with van der Waals surface area (Å²) in [5, 5.41) is 8.05. The highest BCUT2D eigenvalue weighted by atomic mass is 16.5. The molecule has 0 bridgehead atoms. The summed E-state index contributed by atoms with van der Waals surface area (Å²) in [5.74, 6) is -0.520. The molecule has 3 heterocycles. The summed E-state index contributed by atoms with van der Waals surface area (Å²) in [4.78, 5) is 30.5. The van der Waals surface area contributed by atoms with Crippen LogP contribution in [0.1, 0.15) is 26.3 Å². The molecule has 0 radical (unpaired) electrons. The number of nitrogens with zero attached hydrogens (tertiary/aromatic N) is 4. The zero-order chi connectivity index (χ0) is 18.0. The molecule has 2 amide bonds. The zero-order valence-corrected chi connectivity index (χ0v) is 14.7. The van der Waals surface area contributed by atoms with E-state index in [0.29, 0.717) is 25.4 Å². The smallest absolute Gasteiger partial charge is 0.229 e. The van der Waals surface area contributed by atoms with Crippen molar-refractivity contribution < 1.29 is 14.3 Å². The number of methoxy groups -OCH3 is 1. The number of hydrogen-bond acceptors (Lipinski definition) is 5. The van der Waals surface area contributed by atoms with Crippen molar-refractivity contribution in [1.82, 2.24) is 19.7 Å². The number of pyridine rings is 1. The zero-order valence-electron chi connectivity index (χ0n) is 14.7. The van der Waals surface area contributed by atoms with Crippen molar-refractivity contribution in [3.05, 3.63) is 18.5 Å². The van der Waals surface area contributed by atoms with Crippen LogP contribution in [0.2, 0.25) is 0 Å². The first-order valence-corrected chi connectivity index (χ1v) is 8.40. The van der Waals surface area contributed by atoms with Crippen molar-refractivity contribution >= 4 is 28.5 Å². The van der Waals surface area contributed by atoms with Gasteiger partial charge in [-0.05, 0) is 19.9 Å². The minimum absolute atomic E-state index is 0.0102. The van der Waals surface area contributed by atoms with E-state index in [4.69, 9.17) is 4.74 Å². The topological polar surface area (TPSA) is 89.3 Å². The minimum Gasteiger partial charge on any atom is -0.383 e. The molecule has 1 fully saturated rings. The molecule has 0 aliphatic carbocycles. The Morgan fingerprint density at radius 2 is 2.24 bits per heavy atom. The van der Waals surface area contributed by atoms with Gasteiger partial charge in [0.15, 0.2) is 5.65 Å². The Labute approximate surface area is 146 Å². The van der Waals surface area contributed by atoms with Crippen LogP contribution >= 0.6 is 0 Å². The van der Waals surface area contributed by atoms with Gasteiger partial charge in [-0.2, -0.15) is 5.10 Å². The first-order valence-electron chi connectivity index (χ1n) is 8.40. The number of likely N-dealkylation sites (tertiary alicyclic amines) is 1. The van der Waals surface area contributed by atoms with Gasteiger partial charge in [0.1, 0.15) is 0 Å². The quantitative estimate of drug-likeness (QED) is 0.856. The fourth-order valence-corrected chi connectivity index (χ4v) is 3.00. The predicted octanol–water partition coefficient (Wildman–Crippen LogP) is 1.45. The lowest BCUT2D eigenvalue weighted by atomic mass is 10.1. The summed E-state index contributed by atoms with van der Waals surface area (Å²) in [6.07, 6.45) is 3.60. The molecule has 2 aromatic heterocycles. The van der Waals surface area contributed by atoms with Gasteiger partial charge >= 0.3 is 0 Å². The molecule has 0 spiro atoms. The molecule has 8 nitrogen and oxygen atoms in total. The van der Waals surface area contributed by atoms with Gasteiger partial charge in [-0.3, -0.25) is 9.59 Å². The molecule has 2 aromatic rings. The lowest BCUT2D eigenvalue weighted by Crippen LogP contribution is -2.30. The molecule has 0 aromatic carbocycles. The Morgan fingerprint density at radius 1 is 1.44 bits per heavy atom. The van der Waals surface area contributed by atoms with Gasteiger partial charge in [0.2, 0.25) is 11.8 Å². The van der Waals surface area contributed by atoms with Crippen molar-refractivity contribution in [3.63, 3.8) is 0 Å². The number of rotatable bonds is 6. The third kappa shape index (κ3) is 3.63. The van der Waals surface area contributed by atoms with E-state index in [-0.39, 0.29) is 30.2 Å². The number of fused-ring (bicyclic) bond motifs is 1. The lowest BCUT2D eigenvalue weighted by molar-refractivity contribution is -0.128. The number of aromatic nitrogens is 3. The van der Waals surface area contributed by atoms with Gasteiger partial charge in [0, 0.05) is 38.0 Å². The van der Waals surface area contributed by atoms with Gasteiger partial charge in [-0.15, -0.1) is 0 Å². The second-order valence-electron chi connectivity index (χ2n) is 6.54. The maximum atomic E-state index is 12.5. The summed E-state index contributed by atoms with van der Waals surface area (Å²) < 4.78 is 6.83. The van der Waals surface area contributed by atoms with Crippen LogP contribution in [0.15, 0.2) is 18.5 Å². The average Bonchev–Trinajstić information content (AvgIpc) is 3.16. The number of carbonyl (C=O) groups excluding carboxylic acids is 2. The third-order valence-electron chi connectivity index (χ3n) is 4.34. The highest BCUT2D eigenvalue weighted by Crippen LogP contribution is 2.22. The van der Waals surface area contributed by atoms with E-state index in [9.17, 15) is 9.59 Å². The van der Waals surface area contributed by atoms with Gasteiger partial charge in [-0.25, -0.2) is 9.67 Å². The lowest BCUT2D eigenvalue weighted by Gasteiger charge is -2.15. The Morgan fingerprint density at radius 3 is 2.96 bits per heavy atom. The summed E-state index contributed by atoms with van der Waals surface area (Å²) in [7, 11) is 1.59. The molecule has 25 heavy (non-hydrogen) atoms. The summed E-state index contributed by atoms with van der Waals surface area (Å²) in [6, 6.07) is 2.07. The van der Waals surface area contributed by atoms with Crippen LogP contribution in [0.4, 0.5) is 5.69 Å². The fourth-order valence-electron chi connectivity index (χ4n) is 3.00. The fraction of sp³-hybridized carbons (Fsp3) is 0.529. The first kappa shape index (κ1) is 17.3. The molecule has 3 rings (SSSR count). The molecule has 1 N–H and O–H groups in total. The second kappa shape index (κ2) is 7.18. The maximum absolute atomic E-state index is 12.5. The van der Waals surface area contributed by atoms with Gasteiger partial charge in [0.05, 0.1) is 30.6 Å². The number of hydrogen-bond donors (Lipinski definition) is 1. The minimum atomic E-state index is -0.349. The maximum Gasteiger partial charge on any atom is 0.229 e. The van der Waals surface area contributed by atoms with Crippen molar-refractivity contribution in [1.29, 1.82) is 0 Å². The monoisotopic (exact) mass is 345 g/mol. The summed E-state index contributed by atoms with van der Waals surface area (Å²) in [6.45, 7) is 5.49. The Kier molecular flexibility index (Phi) is 4.98. The first-order chi connectivity index (χ1) is 12.0. The average molecular weight is 345 g/mol. The van der Waals surface area contributed by atoms with Crippen LogP contribution in [0, 0.1) is 5.92 Å². The van der Waals surface area contributed by atoms with Gasteiger partial charge in [-0.1, -0.05) is 0 Å². The van der Waals surface area contributed by atoms with Crippen molar-refractivity contribution in [3.8, 4) is 0 Å². The van der Waals surface area contributed by atoms with Crippen molar-refractivity contribution in [2.75, 3.05) is 32.1 Å². The molecule has 1 aliphatic rings. The largest absolute Gasteiger partial charge is 0.383 e. The second-order valence-corrected chi connectivity index (χ2v) is 6.54. The van der Waals surface area contributed by atoms with Crippen LogP contribution in [-0.2, 0) is 14.3 Å². The van der Waals surface area contributed by atoms with Crippen molar-refractivity contribution in [2.24, 2.45) is 5.92 Å². The van der Waals surface area contributed by atoms with Gasteiger partial charge < -0.3 is 15.0 Å². The molecule has 1 atom stereocenters. The molecule has 1 aliphatic heterocycles. The number of ether oxygens (including phenoxy) is 1. The normalized spacial score (nSPS) is 17.7. The van der Waals surface area contributed by atoms with Crippen LogP contribution in [-0.4, -0.2) is 58.3 Å². The van der Waals surface area contributed by atoms with E-state index in [0.717, 1.165) is 11.0 Å². The van der Waals surface area contributed by atoms with E-state index in [1.165, 1.54) is 0 Å². The van der Waals surface area contributed by atoms with Gasteiger partial charge in [0.25, 0.3) is 0 Å². The van der Waals surface area contributed by atoms with E-state index in [1.807, 2.05) is 24.6 Å². The van der Waals surface area contributed by atoms with Crippen LogP contribution in [0.5, 0.6) is 0 Å². The van der Waals surface area contributed by atoms with Crippen LogP contribution in [0.3, 0.4) is 0 Å². The van der Waals surface area contributed by atoms with E-state index < -0.39 is 0 Å². The molecule has 134 valence electrons. The Bertz CT molecular complexity index is 786. The number of carbonyl (C=O) groups is 2. The third-order valence-corrected chi connectivity index (χ3v) is 4.34. The number of nitrogens with one attached hydrogen (secondary N) is 1. The summed E-state index contributed by atoms with van der Waals surface area (Å²) >= 11 is 0. The molecule has 0 unspecified atom stereocenters. The van der Waals surface area contributed by atoms with E-state index >= 15 is 0 Å². The predicted molar refractivity (Wildman–Crippen MR) is 93.1 cm³/mol. The van der Waals surface area contributed by atoms with Crippen LogP contribution < -0.4 is 5.32 Å². The SMILES string of the molecule is COCCN1C[C@H](C(=O)Nc2cnc3c(cnn3C(C)C)c2)CC1=O. The molecule has 8 heteroatoms. The summed E-state index contributed by atoms with van der Waals surface area (Å²) in [5.41, 5.74) is 1.40. The van der Waals surface area contributed by atoms with E-state index in [2.05, 4.69) is 15.4 Å². The number of amides is 2. The highest BCUT2D eigenvalue weighted by molar-refractivity contribution is 5.98. The number of anilines is 1. The van der Waals surface area contributed by atoms with E-state index in [1.54, 1.807) is 24.4 Å². The Hall–Kier alpha value is -2.48. The molecular weight excluding hydrogens is 322 g/mol. The molecule has 1 saturated heterocycles. The van der Waals surface area contributed by atoms with Crippen molar-refractivity contribution in [2.45, 2.75) is 26.3 Å². The Balaban J connectivity index is 1.67. The highest BCUT2D eigenvalue weighted by Gasteiger charge is 2.34. The molecular formula is C17H23N5O3. The molecule has 0 saturated carbocycles.